The smallest absolute Gasteiger partial charge is 0.191 e. The van der Waals surface area contributed by atoms with Crippen molar-refractivity contribution >= 4 is 45.5 Å². The molecule has 42 heavy (non-hydrogen) atoms. The van der Waals surface area contributed by atoms with E-state index in [-0.39, 0.29) is 5.41 Å². The summed E-state index contributed by atoms with van der Waals surface area (Å²) in [5.41, 5.74) is 4.40. The van der Waals surface area contributed by atoms with Crippen molar-refractivity contribution in [3.63, 3.8) is 0 Å². The predicted molar refractivity (Wildman–Crippen MR) is 180 cm³/mol. The molecule has 3 nitrogen and oxygen atoms in total. The number of para-hydroxylation sites is 1. The SMILES string of the molecule is CN1C(=CP(=Nc2cccc3ccccc23)(Oc2cccc3ccccc23)c2ccccc2)C(C)(C)c2ccccc21. The van der Waals surface area contributed by atoms with Crippen LogP contribution in [0.4, 0.5) is 11.4 Å². The summed E-state index contributed by atoms with van der Waals surface area (Å²) in [6.45, 7) is 4.60. The van der Waals surface area contributed by atoms with E-state index < -0.39 is 7.28 Å². The molecule has 0 saturated carbocycles. The minimum Gasteiger partial charge on any atom is -0.452 e. The van der Waals surface area contributed by atoms with Crippen LogP contribution in [0.5, 0.6) is 5.75 Å². The second kappa shape index (κ2) is 10.4. The van der Waals surface area contributed by atoms with Crippen LogP contribution >= 0.6 is 7.28 Å². The van der Waals surface area contributed by atoms with Gasteiger partial charge in [-0.3, -0.25) is 0 Å². The number of anilines is 1. The molecule has 1 aliphatic rings. The number of hydrogen-bond donors (Lipinski definition) is 0. The molecule has 0 radical (unpaired) electrons. The molecular weight excluding hydrogens is 531 g/mol. The number of likely N-dealkylation sites (N-methyl/N-ethyl adjacent to an activating group) is 1. The summed E-state index contributed by atoms with van der Waals surface area (Å²) in [5, 5.41) is 5.56. The summed E-state index contributed by atoms with van der Waals surface area (Å²) in [4.78, 5) is 2.32. The van der Waals surface area contributed by atoms with Gasteiger partial charge in [-0.05, 0) is 46.7 Å². The van der Waals surface area contributed by atoms with E-state index in [9.17, 15) is 0 Å². The lowest BCUT2D eigenvalue weighted by atomic mass is 9.84. The maximum atomic E-state index is 7.40. The van der Waals surface area contributed by atoms with Crippen LogP contribution in [-0.2, 0) is 5.41 Å². The van der Waals surface area contributed by atoms with Crippen LogP contribution in [0.1, 0.15) is 19.4 Å². The van der Waals surface area contributed by atoms with Crippen molar-refractivity contribution in [3.05, 3.63) is 157 Å². The fraction of sp³-hybridized carbons (Fsp3) is 0.105. The Hall–Kier alpha value is -4.59. The molecule has 0 N–H and O–H groups in total. The van der Waals surface area contributed by atoms with Crippen molar-refractivity contribution in [2.24, 2.45) is 4.74 Å². The van der Waals surface area contributed by atoms with Gasteiger partial charge in [-0.2, -0.15) is 0 Å². The van der Waals surface area contributed by atoms with Crippen molar-refractivity contribution in [1.82, 2.24) is 0 Å². The number of fused-ring (bicyclic) bond motifs is 3. The molecule has 1 aliphatic heterocycles. The van der Waals surface area contributed by atoms with Gasteiger partial charge in [-0.15, -0.1) is 0 Å². The zero-order valence-electron chi connectivity index (χ0n) is 24.1. The Morgan fingerprint density at radius 3 is 2.00 bits per heavy atom. The third-order valence-corrected chi connectivity index (χ3v) is 11.0. The zero-order chi connectivity index (χ0) is 28.7. The molecule has 4 heteroatoms. The summed E-state index contributed by atoms with van der Waals surface area (Å²) in [5.74, 6) is 3.19. The number of nitrogens with zero attached hydrogens (tertiary/aromatic N) is 2. The highest BCUT2D eigenvalue weighted by Gasteiger charge is 2.40. The first-order chi connectivity index (χ1) is 20.5. The van der Waals surface area contributed by atoms with Crippen molar-refractivity contribution in [2.45, 2.75) is 19.3 Å². The molecule has 0 bridgehead atoms. The standard InChI is InChI=1S/C38H33N2OP/c1-38(2)33-23-11-12-25-35(33)40(3)37(38)27-42(30-19-5-4-6-20-30,39-34-24-13-17-28-15-7-9-21-31(28)34)41-36-26-14-18-29-16-8-10-22-32(29)36/h4-27H,1-3H3. The van der Waals surface area contributed by atoms with Gasteiger partial charge in [0, 0.05) is 45.7 Å². The molecule has 6 aromatic rings. The molecule has 1 atom stereocenters. The van der Waals surface area contributed by atoms with Crippen LogP contribution < -0.4 is 14.7 Å². The summed E-state index contributed by atoms with van der Waals surface area (Å²) in [6.07, 6.45) is 0. The summed E-state index contributed by atoms with van der Waals surface area (Å²) in [7, 11) is -0.713. The second-order valence-electron chi connectivity index (χ2n) is 11.3. The normalized spacial score (nSPS) is 16.4. The Balaban J connectivity index is 1.58. The molecule has 1 unspecified atom stereocenters. The summed E-state index contributed by atoms with van der Waals surface area (Å²) in [6, 6.07) is 48.8. The van der Waals surface area contributed by atoms with Gasteiger partial charge in [0.1, 0.15) is 5.75 Å². The molecule has 7 rings (SSSR count). The van der Waals surface area contributed by atoms with Gasteiger partial charge in [-0.25, -0.2) is 4.74 Å². The molecule has 0 aliphatic carbocycles. The van der Waals surface area contributed by atoms with E-state index in [2.05, 4.69) is 171 Å². The minimum absolute atomic E-state index is 0.234. The van der Waals surface area contributed by atoms with E-state index in [1.54, 1.807) is 0 Å². The largest absolute Gasteiger partial charge is 0.452 e. The third-order valence-electron chi connectivity index (χ3n) is 8.37. The van der Waals surface area contributed by atoms with Crippen molar-refractivity contribution in [3.8, 4) is 5.75 Å². The average molecular weight is 565 g/mol. The lowest BCUT2D eigenvalue weighted by molar-refractivity contribution is 0.619. The Bertz CT molecular complexity index is 2020. The van der Waals surface area contributed by atoms with Gasteiger partial charge < -0.3 is 9.42 Å². The van der Waals surface area contributed by atoms with Gasteiger partial charge >= 0.3 is 0 Å². The third kappa shape index (κ3) is 4.42. The number of hydrogen-bond acceptors (Lipinski definition) is 3. The van der Waals surface area contributed by atoms with Crippen LogP contribution in [0.25, 0.3) is 21.5 Å². The predicted octanol–water partition coefficient (Wildman–Crippen LogP) is 10.4. The number of rotatable bonds is 5. The second-order valence-corrected chi connectivity index (χ2v) is 13.7. The van der Waals surface area contributed by atoms with E-state index in [0.29, 0.717) is 0 Å². The monoisotopic (exact) mass is 564 g/mol. The van der Waals surface area contributed by atoms with Crippen LogP contribution in [0, 0.1) is 0 Å². The Morgan fingerprint density at radius 2 is 1.24 bits per heavy atom. The van der Waals surface area contributed by atoms with Gasteiger partial charge in [0.2, 0.25) is 0 Å². The lowest BCUT2D eigenvalue weighted by Crippen LogP contribution is -2.24. The first kappa shape index (κ1) is 26.3. The van der Waals surface area contributed by atoms with Gasteiger partial charge in [0.05, 0.1) is 5.69 Å². The topological polar surface area (TPSA) is 24.8 Å². The summed E-state index contributed by atoms with van der Waals surface area (Å²) >= 11 is 0. The van der Waals surface area contributed by atoms with E-state index in [4.69, 9.17) is 9.27 Å². The van der Waals surface area contributed by atoms with Crippen molar-refractivity contribution in [1.29, 1.82) is 0 Å². The average Bonchev–Trinajstić information content (AvgIpc) is 3.22. The first-order valence-corrected chi connectivity index (χ1v) is 16.1. The maximum Gasteiger partial charge on any atom is 0.191 e. The van der Waals surface area contributed by atoms with Crippen molar-refractivity contribution in [2.75, 3.05) is 11.9 Å². The van der Waals surface area contributed by atoms with E-state index in [1.807, 2.05) is 0 Å². The van der Waals surface area contributed by atoms with Gasteiger partial charge in [-0.1, -0.05) is 123 Å². The van der Waals surface area contributed by atoms with Gasteiger partial charge in [0.15, 0.2) is 7.28 Å². The highest BCUT2D eigenvalue weighted by atomic mass is 31.2. The van der Waals surface area contributed by atoms with Crippen LogP contribution in [-0.4, -0.2) is 7.05 Å². The quantitative estimate of drug-likeness (QED) is 0.195. The molecule has 0 spiro atoms. The molecule has 0 saturated heterocycles. The van der Waals surface area contributed by atoms with E-state index in [1.165, 1.54) is 16.9 Å². The zero-order valence-corrected chi connectivity index (χ0v) is 25.0. The molecule has 0 amide bonds. The number of allylic oxidation sites excluding steroid dienone is 1. The molecule has 0 aromatic heterocycles. The molecule has 6 aromatic carbocycles. The molecule has 206 valence electrons. The Morgan fingerprint density at radius 1 is 0.643 bits per heavy atom. The van der Waals surface area contributed by atoms with Crippen LogP contribution in [0.15, 0.2) is 156 Å². The summed E-state index contributed by atoms with van der Waals surface area (Å²) < 4.78 is 13.1. The van der Waals surface area contributed by atoms with E-state index in [0.717, 1.165) is 38.3 Å². The highest BCUT2D eigenvalue weighted by Crippen LogP contribution is 2.59. The molecular formula is C38H33N2OP. The minimum atomic E-state index is -2.87. The Labute approximate surface area is 247 Å². The van der Waals surface area contributed by atoms with Crippen LogP contribution in [0.3, 0.4) is 0 Å². The van der Waals surface area contributed by atoms with Crippen molar-refractivity contribution < 1.29 is 4.52 Å². The lowest BCUT2D eigenvalue weighted by Gasteiger charge is -2.30. The fourth-order valence-corrected chi connectivity index (χ4v) is 9.08. The molecule has 1 heterocycles. The van der Waals surface area contributed by atoms with Crippen LogP contribution in [0.2, 0.25) is 0 Å². The number of benzene rings is 6. The first-order valence-electron chi connectivity index (χ1n) is 14.4. The van der Waals surface area contributed by atoms with Gasteiger partial charge in [0.25, 0.3) is 0 Å². The highest BCUT2D eigenvalue weighted by molar-refractivity contribution is 7.72. The fourth-order valence-electron chi connectivity index (χ4n) is 6.18. The molecule has 0 fully saturated rings. The Kier molecular flexibility index (Phi) is 6.49. The maximum absolute atomic E-state index is 7.40. The van der Waals surface area contributed by atoms with E-state index >= 15 is 0 Å².